The number of carbonyl (C=O) groups is 2. The molecule has 0 unspecified atom stereocenters. The molecule has 0 spiro atoms. The number of hydrogen-bond donors (Lipinski definition) is 1. The lowest BCUT2D eigenvalue weighted by Crippen LogP contribution is -2.13. The average Bonchev–Trinajstić information content (AvgIpc) is 2.44. The first kappa shape index (κ1) is 15.8. The fraction of sp³-hybridized carbons (Fsp3) is 0.125. The van der Waals surface area contributed by atoms with E-state index in [1.165, 1.54) is 12.1 Å². The number of carbonyl (C=O) groups excluding carboxylic acids is 2. The van der Waals surface area contributed by atoms with Crippen molar-refractivity contribution in [1.29, 1.82) is 0 Å². The Morgan fingerprint density at radius 1 is 0.818 bits per heavy atom. The van der Waals surface area contributed by atoms with E-state index in [4.69, 9.17) is 0 Å². The van der Waals surface area contributed by atoms with Crippen LogP contribution in [0.15, 0.2) is 42.5 Å². The van der Waals surface area contributed by atoms with E-state index >= 15 is 0 Å². The zero-order valence-corrected chi connectivity index (χ0v) is 11.4. The second-order valence-corrected chi connectivity index (χ2v) is 4.64. The molecule has 0 saturated heterocycles. The molecular weight excluding hydrogens is 295 g/mol. The summed E-state index contributed by atoms with van der Waals surface area (Å²) < 4.78 is 38.7. The van der Waals surface area contributed by atoms with E-state index in [0.717, 1.165) is 24.3 Å². The molecule has 0 radical (unpaired) electrons. The van der Waals surface area contributed by atoms with Crippen LogP contribution in [0.3, 0.4) is 0 Å². The Hall–Kier alpha value is -2.63. The Kier molecular flexibility index (Phi) is 4.93. The molecule has 2 aromatic rings. The molecule has 114 valence electrons. The number of benzene rings is 2. The van der Waals surface area contributed by atoms with Crippen molar-refractivity contribution in [3.63, 3.8) is 0 Å². The Morgan fingerprint density at radius 2 is 1.41 bits per heavy atom. The Labute approximate surface area is 124 Å². The normalized spacial score (nSPS) is 10.3. The van der Waals surface area contributed by atoms with E-state index < -0.39 is 23.4 Å². The first-order valence-corrected chi connectivity index (χ1v) is 6.49. The molecule has 0 heterocycles. The second-order valence-electron chi connectivity index (χ2n) is 4.64. The standard InChI is InChI=1S/C16H12F3NO2/c17-11-3-1-10(2-4-11)15(21)5-6-16(22)20-14-8-12(18)7-13(19)9-14/h1-4,7-9H,5-6H2,(H,20,22). The summed E-state index contributed by atoms with van der Waals surface area (Å²) in [5.41, 5.74) is 0.280. The average molecular weight is 307 g/mol. The van der Waals surface area contributed by atoms with Gasteiger partial charge in [0, 0.05) is 30.2 Å². The summed E-state index contributed by atoms with van der Waals surface area (Å²) in [7, 11) is 0. The molecule has 0 aliphatic rings. The van der Waals surface area contributed by atoms with Crippen molar-refractivity contribution >= 4 is 17.4 Å². The summed E-state index contributed by atoms with van der Waals surface area (Å²) >= 11 is 0. The number of hydrogen-bond acceptors (Lipinski definition) is 2. The molecule has 0 aliphatic heterocycles. The van der Waals surface area contributed by atoms with Crippen LogP contribution < -0.4 is 5.32 Å². The predicted molar refractivity (Wildman–Crippen MR) is 75.0 cm³/mol. The summed E-state index contributed by atoms with van der Waals surface area (Å²) in [6, 6.07) is 7.61. The molecule has 2 aromatic carbocycles. The van der Waals surface area contributed by atoms with Crippen LogP contribution in [-0.2, 0) is 4.79 Å². The molecule has 0 fully saturated rings. The summed E-state index contributed by atoms with van der Waals surface area (Å²) in [5.74, 6) is -2.93. The van der Waals surface area contributed by atoms with Crippen molar-refractivity contribution in [3.05, 3.63) is 65.5 Å². The molecule has 0 aliphatic carbocycles. The minimum Gasteiger partial charge on any atom is -0.326 e. The van der Waals surface area contributed by atoms with Crippen LogP contribution in [0.2, 0.25) is 0 Å². The second kappa shape index (κ2) is 6.89. The molecule has 3 nitrogen and oxygen atoms in total. The molecule has 1 amide bonds. The van der Waals surface area contributed by atoms with Crippen molar-refractivity contribution in [2.45, 2.75) is 12.8 Å². The van der Waals surface area contributed by atoms with Gasteiger partial charge in [-0.3, -0.25) is 9.59 Å². The first-order chi connectivity index (χ1) is 10.4. The van der Waals surface area contributed by atoms with Crippen LogP contribution in [0.5, 0.6) is 0 Å². The largest absolute Gasteiger partial charge is 0.326 e. The molecule has 6 heteroatoms. The van der Waals surface area contributed by atoms with Gasteiger partial charge in [-0.2, -0.15) is 0 Å². The summed E-state index contributed by atoms with van der Waals surface area (Å²) in [6.07, 6.45) is -0.233. The number of nitrogens with one attached hydrogen (secondary N) is 1. The highest BCUT2D eigenvalue weighted by atomic mass is 19.1. The smallest absolute Gasteiger partial charge is 0.224 e. The van der Waals surface area contributed by atoms with Gasteiger partial charge in [0.05, 0.1) is 0 Å². The van der Waals surface area contributed by atoms with Crippen molar-refractivity contribution in [2.75, 3.05) is 5.32 Å². The maximum atomic E-state index is 13.0. The quantitative estimate of drug-likeness (QED) is 0.856. The summed E-state index contributed by atoms with van der Waals surface area (Å²) in [6.45, 7) is 0. The van der Waals surface area contributed by atoms with Crippen molar-refractivity contribution in [3.8, 4) is 0 Å². The lowest BCUT2D eigenvalue weighted by atomic mass is 10.1. The van der Waals surface area contributed by atoms with Gasteiger partial charge in [-0.1, -0.05) is 0 Å². The van der Waals surface area contributed by atoms with Crippen molar-refractivity contribution in [2.24, 2.45) is 0 Å². The fourth-order valence-corrected chi connectivity index (χ4v) is 1.86. The van der Waals surface area contributed by atoms with Crippen LogP contribution >= 0.6 is 0 Å². The highest BCUT2D eigenvalue weighted by Crippen LogP contribution is 2.14. The molecule has 22 heavy (non-hydrogen) atoms. The maximum Gasteiger partial charge on any atom is 0.224 e. The number of Topliss-reactive ketones (excluding diaryl/α,β-unsaturated/α-hetero) is 1. The van der Waals surface area contributed by atoms with Crippen molar-refractivity contribution < 1.29 is 22.8 Å². The first-order valence-electron chi connectivity index (χ1n) is 6.49. The van der Waals surface area contributed by atoms with E-state index in [2.05, 4.69) is 5.32 Å². The van der Waals surface area contributed by atoms with E-state index in [-0.39, 0.29) is 24.3 Å². The van der Waals surface area contributed by atoms with Crippen LogP contribution in [-0.4, -0.2) is 11.7 Å². The maximum absolute atomic E-state index is 13.0. The molecule has 0 saturated carbocycles. The Bertz CT molecular complexity index is 679. The van der Waals surface area contributed by atoms with E-state index in [1.807, 2.05) is 0 Å². The predicted octanol–water partition coefficient (Wildman–Crippen LogP) is 3.71. The Morgan fingerprint density at radius 3 is 2.00 bits per heavy atom. The molecule has 2 rings (SSSR count). The number of rotatable bonds is 5. The fourth-order valence-electron chi connectivity index (χ4n) is 1.86. The molecule has 0 atom stereocenters. The van der Waals surface area contributed by atoms with E-state index in [9.17, 15) is 22.8 Å². The third-order valence-corrected chi connectivity index (χ3v) is 2.89. The topological polar surface area (TPSA) is 46.2 Å². The summed E-state index contributed by atoms with van der Waals surface area (Å²) in [5, 5.41) is 2.31. The summed E-state index contributed by atoms with van der Waals surface area (Å²) in [4.78, 5) is 23.5. The van der Waals surface area contributed by atoms with Gasteiger partial charge in [0.15, 0.2) is 5.78 Å². The van der Waals surface area contributed by atoms with Crippen LogP contribution in [0.25, 0.3) is 0 Å². The number of ketones is 1. The van der Waals surface area contributed by atoms with Gasteiger partial charge in [-0.15, -0.1) is 0 Å². The van der Waals surface area contributed by atoms with Gasteiger partial charge in [0.1, 0.15) is 17.5 Å². The third kappa shape index (κ3) is 4.44. The molecular formula is C16H12F3NO2. The number of anilines is 1. The van der Waals surface area contributed by atoms with Crippen LogP contribution in [0.4, 0.5) is 18.9 Å². The number of amides is 1. The lowest BCUT2D eigenvalue weighted by molar-refractivity contribution is -0.116. The van der Waals surface area contributed by atoms with Gasteiger partial charge in [-0.25, -0.2) is 13.2 Å². The van der Waals surface area contributed by atoms with E-state index in [0.29, 0.717) is 11.6 Å². The van der Waals surface area contributed by atoms with Gasteiger partial charge >= 0.3 is 0 Å². The highest BCUT2D eigenvalue weighted by molar-refractivity contribution is 5.99. The van der Waals surface area contributed by atoms with Gasteiger partial charge in [0.25, 0.3) is 0 Å². The minimum absolute atomic E-state index is 0.0169. The van der Waals surface area contributed by atoms with E-state index in [1.54, 1.807) is 0 Å². The zero-order valence-electron chi connectivity index (χ0n) is 11.4. The third-order valence-electron chi connectivity index (χ3n) is 2.89. The van der Waals surface area contributed by atoms with Crippen LogP contribution in [0, 0.1) is 17.5 Å². The zero-order chi connectivity index (χ0) is 16.1. The molecule has 1 N–H and O–H groups in total. The van der Waals surface area contributed by atoms with Gasteiger partial charge < -0.3 is 5.32 Å². The monoisotopic (exact) mass is 307 g/mol. The SMILES string of the molecule is O=C(CCC(=O)c1ccc(F)cc1)Nc1cc(F)cc(F)c1. The minimum atomic E-state index is -0.808. The lowest BCUT2D eigenvalue weighted by Gasteiger charge is -2.05. The number of halogens is 3. The highest BCUT2D eigenvalue weighted by Gasteiger charge is 2.10. The molecule has 0 aromatic heterocycles. The van der Waals surface area contributed by atoms with Gasteiger partial charge in [0.2, 0.25) is 5.91 Å². The van der Waals surface area contributed by atoms with Gasteiger partial charge in [-0.05, 0) is 36.4 Å². The van der Waals surface area contributed by atoms with Crippen LogP contribution in [0.1, 0.15) is 23.2 Å². The molecule has 0 bridgehead atoms. The Balaban J connectivity index is 1.89. The van der Waals surface area contributed by atoms with Crippen molar-refractivity contribution in [1.82, 2.24) is 0 Å².